The third-order valence-electron chi connectivity index (χ3n) is 5.78. The molecular weight excluding hydrogens is 435 g/mol. The molecule has 0 saturated carbocycles. The highest BCUT2D eigenvalue weighted by atomic mass is 19.1. The molecule has 1 aliphatic rings. The number of nitrogens with zero attached hydrogens (tertiary/aromatic N) is 3. The number of anilines is 1. The molecule has 1 saturated heterocycles. The van der Waals surface area contributed by atoms with Crippen molar-refractivity contribution in [1.82, 2.24) is 15.1 Å². The normalized spacial score (nSPS) is 16.4. The minimum absolute atomic E-state index is 0.0989. The van der Waals surface area contributed by atoms with E-state index in [9.17, 15) is 4.79 Å². The Balaban J connectivity index is 1.66. The summed E-state index contributed by atoms with van der Waals surface area (Å²) in [5.41, 5.74) is 1.79. The van der Waals surface area contributed by atoms with E-state index in [2.05, 4.69) is 15.5 Å². The number of halogens is 1. The van der Waals surface area contributed by atoms with Crippen LogP contribution in [-0.4, -0.2) is 53.0 Å². The van der Waals surface area contributed by atoms with Gasteiger partial charge in [-0.15, -0.1) is 10.2 Å². The van der Waals surface area contributed by atoms with Gasteiger partial charge < -0.3 is 19.7 Å². The van der Waals surface area contributed by atoms with Crippen molar-refractivity contribution in [3.63, 3.8) is 0 Å². The molecule has 180 valence electrons. The summed E-state index contributed by atoms with van der Waals surface area (Å²) >= 11 is 0. The number of rotatable bonds is 4. The van der Waals surface area contributed by atoms with E-state index in [4.69, 9.17) is 9.47 Å². The van der Waals surface area contributed by atoms with Gasteiger partial charge in [0.1, 0.15) is 22.9 Å². The van der Waals surface area contributed by atoms with Crippen LogP contribution in [0.15, 0.2) is 36.4 Å². The molecule has 1 N–H and O–H groups in total. The summed E-state index contributed by atoms with van der Waals surface area (Å²) in [6.45, 7) is 8.59. The zero-order valence-corrected chi connectivity index (χ0v) is 20.3. The van der Waals surface area contributed by atoms with Gasteiger partial charge in [-0.25, -0.2) is 9.18 Å². The number of piperidine rings is 1. The van der Waals surface area contributed by atoms with Gasteiger partial charge in [-0.2, -0.15) is 0 Å². The molecule has 4 rings (SSSR count). The van der Waals surface area contributed by atoms with E-state index >= 15 is 4.39 Å². The van der Waals surface area contributed by atoms with Gasteiger partial charge in [0.2, 0.25) is 0 Å². The molecule has 3 aromatic rings. The highest BCUT2D eigenvalue weighted by Gasteiger charge is 2.28. The number of ether oxygens (including phenoxy) is 2. The number of nitrogens with one attached hydrogen (secondary N) is 1. The molecule has 1 aromatic heterocycles. The number of methoxy groups -OCH3 is 1. The lowest BCUT2D eigenvalue weighted by atomic mass is 10.0. The molecule has 1 fully saturated rings. The highest BCUT2D eigenvalue weighted by molar-refractivity contribution is 6.01. The molecule has 0 spiro atoms. The van der Waals surface area contributed by atoms with Crippen molar-refractivity contribution in [2.24, 2.45) is 0 Å². The Morgan fingerprint density at radius 2 is 2.00 bits per heavy atom. The van der Waals surface area contributed by atoms with E-state index in [1.54, 1.807) is 18.1 Å². The van der Waals surface area contributed by atoms with Crippen molar-refractivity contribution >= 4 is 22.7 Å². The second kappa shape index (κ2) is 9.44. The molecule has 0 bridgehead atoms. The molecule has 1 atom stereocenters. The van der Waals surface area contributed by atoms with Crippen LogP contribution in [0.25, 0.3) is 22.0 Å². The maximum atomic E-state index is 15.1. The van der Waals surface area contributed by atoms with Crippen LogP contribution in [0.1, 0.15) is 39.2 Å². The van der Waals surface area contributed by atoms with Crippen LogP contribution in [0, 0.1) is 12.7 Å². The molecule has 0 radical (unpaired) electrons. The van der Waals surface area contributed by atoms with E-state index in [0.717, 1.165) is 24.0 Å². The summed E-state index contributed by atoms with van der Waals surface area (Å²) in [6.07, 6.45) is 1.29. The highest BCUT2D eigenvalue weighted by Crippen LogP contribution is 2.37. The molecular formula is C26H31FN4O3. The fourth-order valence-corrected chi connectivity index (χ4v) is 4.24. The summed E-state index contributed by atoms with van der Waals surface area (Å²) in [7, 11) is 1.60. The van der Waals surface area contributed by atoms with Crippen molar-refractivity contribution in [3.8, 4) is 17.0 Å². The van der Waals surface area contributed by atoms with Crippen LogP contribution in [0.4, 0.5) is 15.0 Å². The third-order valence-corrected chi connectivity index (χ3v) is 5.78. The van der Waals surface area contributed by atoms with E-state index in [0.29, 0.717) is 41.1 Å². The largest absolute Gasteiger partial charge is 0.496 e. The lowest BCUT2D eigenvalue weighted by molar-refractivity contribution is 0.0206. The number of hydrogen-bond acceptors (Lipinski definition) is 6. The number of hydrogen-bond donors (Lipinski definition) is 1. The number of fused-ring (bicyclic) bond motifs is 1. The number of benzene rings is 2. The standard InChI is InChI=1S/C26H31FN4O3/c1-16-11-12-18(21(14-16)33-5)23-19-9-6-10-20(27)22(19)24(30-29-23)28-17-8-7-13-31(15-17)25(32)34-26(2,3)4/h6,9-12,14,17H,7-8,13,15H2,1-5H3,(H,28,30)/t17-/m1/s1. The molecule has 1 aliphatic heterocycles. The third kappa shape index (κ3) is 5.05. The monoisotopic (exact) mass is 466 g/mol. The van der Waals surface area contributed by atoms with Crippen LogP contribution in [0.2, 0.25) is 0 Å². The minimum Gasteiger partial charge on any atom is -0.496 e. The van der Waals surface area contributed by atoms with Gasteiger partial charge in [0.15, 0.2) is 5.82 Å². The lowest BCUT2D eigenvalue weighted by Gasteiger charge is -2.34. The number of carbonyl (C=O) groups is 1. The Kier molecular flexibility index (Phi) is 6.59. The zero-order valence-electron chi connectivity index (χ0n) is 20.3. The van der Waals surface area contributed by atoms with Crippen molar-refractivity contribution in [3.05, 3.63) is 47.8 Å². The van der Waals surface area contributed by atoms with Gasteiger partial charge in [-0.05, 0) is 64.3 Å². The summed E-state index contributed by atoms with van der Waals surface area (Å²) in [5, 5.41) is 13.2. The van der Waals surface area contributed by atoms with E-state index < -0.39 is 5.60 Å². The summed E-state index contributed by atoms with van der Waals surface area (Å²) in [6, 6.07) is 10.6. The van der Waals surface area contributed by atoms with Gasteiger partial charge in [-0.3, -0.25) is 0 Å². The first-order chi connectivity index (χ1) is 16.2. The number of carbonyl (C=O) groups excluding carboxylic acids is 1. The van der Waals surface area contributed by atoms with Crippen molar-refractivity contribution in [2.45, 2.75) is 52.2 Å². The van der Waals surface area contributed by atoms with Gasteiger partial charge in [0.25, 0.3) is 0 Å². The predicted molar refractivity (Wildman–Crippen MR) is 131 cm³/mol. The quantitative estimate of drug-likeness (QED) is 0.542. The smallest absolute Gasteiger partial charge is 0.410 e. The fraction of sp³-hybridized carbons (Fsp3) is 0.423. The predicted octanol–water partition coefficient (Wildman–Crippen LogP) is 5.56. The van der Waals surface area contributed by atoms with Gasteiger partial charge in [0.05, 0.1) is 12.5 Å². The van der Waals surface area contributed by atoms with Gasteiger partial charge in [-0.1, -0.05) is 18.2 Å². The molecule has 2 heterocycles. The second-order valence-electron chi connectivity index (χ2n) is 9.67. The van der Waals surface area contributed by atoms with E-state index in [-0.39, 0.29) is 18.0 Å². The van der Waals surface area contributed by atoms with Crippen LogP contribution in [0.3, 0.4) is 0 Å². The number of amides is 1. The number of likely N-dealkylation sites (tertiary alicyclic amines) is 1. The Labute approximate surface area is 199 Å². The summed E-state index contributed by atoms with van der Waals surface area (Å²) in [4.78, 5) is 14.2. The van der Waals surface area contributed by atoms with Crippen molar-refractivity contribution in [1.29, 1.82) is 0 Å². The first-order valence-corrected chi connectivity index (χ1v) is 11.5. The number of aryl methyl sites for hydroxylation is 1. The van der Waals surface area contributed by atoms with Crippen molar-refractivity contribution < 1.29 is 18.7 Å². The Bertz CT molecular complexity index is 1210. The Morgan fingerprint density at radius 3 is 2.74 bits per heavy atom. The maximum absolute atomic E-state index is 15.1. The van der Waals surface area contributed by atoms with Crippen LogP contribution in [0.5, 0.6) is 5.75 Å². The Hall–Kier alpha value is -3.42. The van der Waals surface area contributed by atoms with Gasteiger partial charge in [0, 0.05) is 30.1 Å². The first-order valence-electron chi connectivity index (χ1n) is 11.5. The zero-order chi connectivity index (χ0) is 24.5. The fourth-order valence-electron chi connectivity index (χ4n) is 4.24. The van der Waals surface area contributed by atoms with Crippen molar-refractivity contribution in [2.75, 3.05) is 25.5 Å². The van der Waals surface area contributed by atoms with Crippen LogP contribution < -0.4 is 10.1 Å². The molecule has 8 heteroatoms. The summed E-state index contributed by atoms with van der Waals surface area (Å²) in [5.74, 6) is 0.627. The van der Waals surface area contributed by atoms with Crippen LogP contribution >= 0.6 is 0 Å². The number of aromatic nitrogens is 2. The summed E-state index contributed by atoms with van der Waals surface area (Å²) < 4.78 is 26.2. The Morgan fingerprint density at radius 1 is 1.21 bits per heavy atom. The molecule has 2 aromatic carbocycles. The topological polar surface area (TPSA) is 76.6 Å². The average molecular weight is 467 g/mol. The first kappa shape index (κ1) is 23.7. The SMILES string of the molecule is COc1cc(C)ccc1-c1nnc(N[C@@H]2CCCN(C(=O)OC(C)(C)C)C2)c2c(F)cccc12. The maximum Gasteiger partial charge on any atom is 0.410 e. The van der Waals surface area contributed by atoms with Crippen LogP contribution in [-0.2, 0) is 4.74 Å². The molecule has 0 aliphatic carbocycles. The molecule has 0 unspecified atom stereocenters. The minimum atomic E-state index is -0.560. The second-order valence-corrected chi connectivity index (χ2v) is 9.67. The van der Waals surface area contributed by atoms with E-state index in [1.165, 1.54) is 6.07 Å². The molecule has 1 amide bonds. The molecule has 34 heavy (non-hydrogen) atoms. The average Bonchev–Trinajstić information content (AvgIpc) is 2.78. The lowest BCUT2D eigenvalue weighted by Crippen LogP contribution is -2.47. The van der Waals surface area contributed by atoms with Gasteiger partial charge >= 0.3 is 6.09 Å². The van der Waals surface area contributed by atoms with E-state index in [1.807, 2.05) is 52.0 Å². The molecule has 7 nitrogen and oxygen atoms in total.